The number of phenolic OH excluding ortho intramolecular Hbond substituents is 1. The Morgan fingerprint density at radius 2 is 1.92 bits per heavy atom. The van der Waals surface area contributed by atoms with Crippen LogP contribution in [-0.4, -0.2) is 11.0 Å². The van der Waals surface area contributed by atoms with Gasteiger partial charge in [0.05, 0.1) is 4.47 Å². The molecule has 124 valence electrons. The van der Waals surface area contributed by atoms with Gasteiger partial charge in [-0.25, -0.2) is 0 Å². The van der Waals surface area contributed by atoms with Gasteiger partial charge in [0.2, 0.25) is 0 Å². The Balaban J connectivity index is 2.15. The highest BCUT2D eigenvalue weighted by molar-refractivity contribution is 9.10. The molecule has 24 heavy (non-hydrogen) atoms. The zero-order valence-electron chi connectivity index (χ0n) is 13.6. The number of amides is 1. The number of anilines is 1. The molecular formula is C19H17BrClNO2. The Hall–Kier alpha value is -1.78. The van der Waals surface area contributed by atoms with Crippen molar-refractivity contribution in [3.05, 3.63) is 56.5 Å². The fourth-order valence-corrected chi connectivity index (χ4v) is 3.40. The molecule has 0 unspecified atom stereocenters. The van der Waals surface area contributed by atoms with Crippen molar-refractivity contribution in [3.63, 3.8) is 0 Å². The zero-order valence-corrected chi connectivity index (χ0v) is 15.9. The number of carbonyl (C=O) groups is 1. The minimum atomic E-state index is -0.222. The van der Waals surface area contributed by atoms with E-state index in [1.165, 1.54) is 0 Å². The molecular weight excluding hydrogens is 390 g/mol. The summed E-state index contributed by atoms with van der Waals surface area (Å²) >= 11 is 9.46. The van der Waals surface area contributed by atoms with Crippen molar-refractivity contribution in [2.24, 2.45) is 0 Å². The van der Waals surface area contributed by atoms with E-state index in [-0.39, 0.29) is 17.1 Å². The number of carbonyl (C=O) groups excluding carboxylic acids is 1. The highest BCUT2D eigenvalue weighted by Gasteiger charge is 2.25. The zero-order chi connectivity index (χ0) is 17.6. The molecule has 5 heteroatoms. The molecule has 3 nitrogen and oxygen atoms in total. The molecule has 0 fully saturated rings. The van der Waals surface area contributed by atoms with Crippen LogP contribution in [0.2, 0.25) is 5.02 Å². The number of fused-ring (bicyclic) bond motifs is 1. The average molecular weight is 407 g/mol. The second kappa shape index (κ2) is 5.94. The average Bonchev–Trinajstić information content (AvgIpc) is 2.77. The van der Waals surface area contributed by atoms with Gasteiger partial charge in [0.1, 0.15) is 5.75 Å². The maximum absolute atomic E-state index is 12.3. The van der Waals surface area contributed by atoms with Crippen LogP contribution >= 0.6 is 27.5 Å². The normalized spacial score (nSPS) is 15.5. The molecule has 0 aromatic heterocycles. The van der Waals surface area contributed by atoms with E-state index in [9.17, 15) is 9.90 Å². The lowest BCUT2D eigenvalue weighted by atomic mass is 9.85. The third-order valence-corrected chi connectivity index (χ3v) is 4.81. The maximum Gasteiger partial charge on any atom is 0.256 e. The third-order valence-electron chi connectivity index (χ3n) is 3.97. The van der Waals surface area contributed by atoms with Gasteiger partial charge in [0.15, 0.2) is 0 Å². The molecule has 0 saturated heterocycles. The molecule has 3 rings (SSSR count). The Bertz CT molecular complexity index is 882. The van der Waals surface area contributed by atoms with Crippen molar-refractivity contribution >= 4 is 50.8 Å². The molecule has 1 amide bonds. The van der Waals surface area contributed by atoms with Gasteiger partial charge in [-0.05, 0) is 63.3 Å². The fourth-order valence-electron chi connectivity index (χ4n) is 2.75. The number of phenols is 1. The topological polar surface area (TPSA) is 49.3 Å². The molecule has 0 radical (unpaired) electrons. The third kappa shape index (κ3) is 3.08. The molecule has 2 aromatic rings. The van der Waals surface area contributed by atoms with Crippen molar-refractivity contribution in [2.45, 2.75) is 26.2 Å². The summed E-state index contributed by atoms with van der Waals surface area (Å²) in [6.45, 7) is 6.09. The van der Waals surface area contributed by atoms with E-state index in [1.807, 2.05) is 32.9 Å². The number of nitrogens with one attached hydrogen (secondary N) is 1. The molecule has 0 saturated carbocycles. The van der Waals surface area contributed by atoms with Crippen LogP contribution in [0.1, 0.15) is 37.5 Å². The van der Waals surface area contributed by atoms with E-state index >= 15 is 0 Å². The molecule has 2 aromatic carbocycles. The van der Waals surface area contributed by atoms with Crippen molar-refractivity contribution in [1.29, 1.82) is 0 Å². The Kier molecular flexibility index (Phi) is 4.22. The molecule has 2 N–H and O–H groups in total. The summed E-state index contributed by atoms with van der Waals surface area (Å²) in [6.07, 6.45) is 1.82. The van der Waals surface area contributed by atoms with Crippen LogP contribution in [0.25, 0.3) is 11.6 Å². The summed E-state index contributed by atoms with van der Waals surface area (Å²) in [4.78, 5) is 12.3. The lowest BCUT2D eigenvalue weighted by Gasteiger charge is -2.21. The summed E-state index contributed by atoms with van der Waals surface area (Å²) in [5, 5.41) is 13.7. The maximum atomic E-state index is 12.3. The molecule has 0 bridgehead atoms. The smallest absolute Gasteiger partial charge is 0.256 e. The van der Waals surface area contributed by atoms with E-state index < -0.39 is 0 Å². The number of halogens is 2. The van der Waals surface area contributed by atoms with E-state index in [2.05, 4.69) is 21.2 Å². The van der Waals surface area contributed by atoms with E-state index in [0.29, 0.717) is 15.1 Å². The summed E-state index contributed by atoms with van der Waals surface area (Å²) in [6, 6.07) is 9.03. The van der Waals surface area contributed by atoms with Crippen LogP contribution < -0.4 is 5.32 Å². The fraction of sp³-hybridized carbons (Fsp3) is 0.211. The number of rotatable bonds is 1. The van der Waals surface area contributed by atoms with Gasteiger partial charge in [0, 0.05) is 27.4 Å². The molecule has 1 aliphatic rings. The first kappa shape index (κ1) is 17.1. The van der Waals surface area contributed by atoms with Gasteiger partial charge in [-0.3, -0.25) is 4.79 Å². The van der Waals surface area contributed by atoms with Crippen molar-refractivity contribution in [1.82, 2.24) is 0 Å². The van der Waals surface area contributed by atoms with Gasteiger partial charge in [-0.15, -0.1) is 0 Å². The lowest BCUT2D eigenvalue weighted by molar-refractivity contribution is -0.110. The molecule has 1 heterocycles. The van der Waals surface area contributed by atoms with Gasteiger partial charge < -0.3 is 10.4 Å². The monoisotopic (exact) mass is 405 g/mol. The Morgan fingerprint density at radius 1 is 1.21 bits per heavy atom. The number of benzene rings is 2. The van der Waals surface area contributed by atoms with Crippen molar-refractivity contribution in [2.75, 3.05) is 5.32 Å². The summed E-state index contributed by atoms with van der Waals surface area (Å²) < 4.78 is 0.603. The summed E-state index contributed by atoms with van der Waals surface area (Å²) in [5.41, 5.74) is 3.53. The first-order chi connectivity index (χ1) is 11.2. The number of hydrogen-bond acceptors (Lipinski definition) is 2. The van der Waals surface area contributed by atoms with E-state index in [1.54, 1.807) is 24.3 Å². The minimum Gasteiger partial charge on any atom is -0.506 e. The SMILES string of the molecule is CC(C)(C)c1cc(/C=C2\C(=O)Nc3ccc(Cl)cc32)cc(Br)c1O. The number of hydrogen-bond donors (Lipinski definition) is 2. The standard InChI is InChI=1S/C19H17BrClNO2/c1-19(2,3)14-7-10(8-15(20)17(14)23)6-13-12-9-11(21)4-5-16(12)22-18(13)24/h4-9,23H,1-3H3,(H,22,24)/b13-6-. The van der Waals surface area contributed by atoms with Crippen molar-refractivity contribution < 1.29 is 9.90 Å². The van der Waals surface area contributed by atoms with Crippen LogP contribution in [0, 0.1) is 0 Å². The molecule has 0 atom stereocenters. The van der Waals surface area contributed by atoms with Crippen LogP contribution in [0.15, 0.2) is 34.8 Å². The van der Waals surface area contributed by atoms with Gasteiger partial charge in [0.25, 0.3) is 5.91 Å². The predicted octanol–water partition coefficient (Wildman–Crippen LogP) is 5.60. The van der Waals surface area contributed by atoms with Gasteiger partial charge in [-0.2, -0.15) is 0 Å². The van der Waals surface area contributed by atoms with Crippen molar-refractivity contribution in [3.8, 4) is 5.75 Å². The summed E-state index contributed by atoms with van der Waals surface area (Å²) in [7, 11) is 0. The first-order valence-electron chi connectivity index (χ1n) is 7.53. The van der Waals surface area contributed by atoms with Gasteiger partial charge in [-0.1, -0.05) is 32.4 Å². The quantitative estimate of drug-likeness (QED) is 0.606. The molecule has 1 aliphatic heterocycles. The Morgan fingerprint density at radius 3 is 2.58 bits per heavy atom. The van der Waals surface area contributed by atoms with E-state index in [4.69, 9.17) is 11.6 Å². The molecule has 0 spiro atoms. The summed E-state index contributed by atoms with van der Waals surface area (Å²) in [5.74, 6) is 0.0674. The largest absolute Gasteiger partial charge is 0.506 e. The second-order valence-corrected chi connectivity index (χ2v) is 8.14. The highest BCUT2D eigenvalue weighted by Crippen LogP contribution is 2.39. The van der Waals surface area contributed by atoms with Crippen LogP contribution in [0.3, 0.4) is 0 Å². The van der Waals surface area contributed by atoms with E-state index in [0.717, 1.165) is 22.4 Å². The second-order valence-electron chi connectivity index (χ2n) is 6.85. The van der Waals surface area contributed by atoms with Crippen LogP contribution in [-0.2, 0) is 10.2 Å². The Labute approximate surface area is 154 Å². The highest BCUT2D eigenvalue weighted by atomic mass is 79.9. The lowest BCUT2D eigenvalue weighted by Crippen LogP contribution is -2.11. The number of aromatic hydroxyl groups is 1. The molecule has 0 aliphatic carbocycles. The van der Waals surface area contributed by atoms with Crippen LogP contribution in [0.5, 0.6) is 5.75 Å². The van der Waals surface area contributed by atoms with Crippen LogP contribution in [0.4, 0.5) is 5.69 Å². The predicted molar refractivity (Wildman–Crippen MR) is 102 cm³/mol. The van der Waals surface area contributed by atoms with Gasteiger partial charge >= 0.3 is 0 Å². The first-order valence-corrected chi connectivity index (χ1v) is 8.70. The minimum absolute atomic E-state index is 0.159.